The average Bonchev–Trinajstić information content (AvgIpc) is 3.47. The number of hydrogen-bond acceptors (Lipinski definition) is 8. The maximum atomic E-state index is 14.2. The number of methoxy groups -OCH3 is 3. The molecule has 2 fully saturated rings. The third-order valence-corrected chi connectivity index (χ3v) is 7.95. The van der Waals surface area contributed by atoms with E-state index in [9.17, 15) is 19.2 Å². The van der Waals surface area contributed by atoms with E-state index in [-0.39, 0.29) is 17.0 Å². The number of fused-ring (bicyclic) bond motifs is 5. The van der Waals surface area contributed by atoms with Gasteiger partial charge in [0.2, 0.25) is 11.8 Å². The summed E-state index contributed by atoms with van der Waals surface area (Å²) in [5, 5.41) is 0. The second-order valence-corrected chi connectivity index (χ2v) is 9.79. The van der Waals surface area contributed by atoms with E-state index >= 15 is 0 Å². The first-order valence-electron chi connectivity index (χ1n) is 12.8. The van der Waals surface area contributed by atoms with E-state index in [1.807, 2.05) is 35.2 Å². The van der Waals surface area contributed by atoms with Crippen LogP contribution in [0.25, 0.3) is 6.08 Å². The number of hydrogen-bond donors (Lipinski definition) is 0. The van der Waals surface area contributed by atoms with Gasteiger partial charge in [-0.1, -0.05) is 36.4 Å². The Bertz CT molecular complexity index is 1600. The van der Waals surface area contributed by atoms with Gasteiger partial charge in [0.1, 0.15) is 6.04 Å². The van der Waals surface area contributed by atoms with Gasteiger partial charge in [0.05, 0.1) is 50.5 Å². The standard InChI is InChI=1S/C31H26N2O7/c1-38-22-13-12-18(16-23(22)39-2)28(34)27-25-24(26-19-9-5-4-8-17(19)14-15-32(26)27)29(35)33(30(25)36)21-11-7-6-10-20(21)31(37)40-3/h4-16,24-27H,1-3H3/t24-,25+,26-,27-/m0/s1. The zero-order chi connectivity index (χ0) is 28.1. The molecular formula is C31H26N2O7. The summed E-state index contributed by atoms with van der Waals surface area (Å²) in [6.45, 7) is 0. The molecule has 3 aromatic carbocycles. The minimum Gasteiger partial charge on any atom is -0.493 e. The number of ether oxygens (including phenoxy) is 3. The summed E-state index contributed by atoms with van der Waals surface area (Å²) >= 11 is 0. The predicted octanol–water partition coefficient (Wildman–Crippen LogP) is 3.89. The molecule has 3 aliphatic heterocycles. The summed E-state index contributed by atoms with van der Waals surface area (Å²) in [6.07, 6.45) is 3.68. The van der Waals surface area contributed by atoms with Gasteiger partial charge in [0.15, 0.2) is 17.3 Å². The maximum Gasteiger partial charge on any atom is 0.339 e. The fourth-order valence-electron chi connectivity index (χ4n) is 6.21. The summed E-state index contributed by atoms with van der Waals surface area (Å²) in [4.78, 5) is 58.0. The van der Waals surface area contributed by atoms with E-state index in [0.29, 0.717) is 17.1 Å². The molecule has 0 saturated carbocycles. The molecule has 2 amide bonds. The number of benzene rings is 3. The highest BCUT2D eigenvalue weighted by Gasteiger charge is 2.64. The zero-order valence-electron chi connectivity index (χ0n) is 22.1. The third-order valence-electron chi connectivity index (χ3n) is 7.95. The van der Waals surface area contributed by atoms with Crippen molar-refractivity contribution in [1.29, 1.82) is 0 Å². The van der Waals surface area contributed by atoms with E-state index in [2.05, 4.69) is 0 Å². The molecule has 2 saturated heterocycles. The van der Waals surface area contributed by atoms with Crippen LogP contribution in [-0.4, -0.2) is 55.8 Å². The molecule has 0 bridgehead atoms. The number of nitrogens with zero attached hydrogens (tertiary/aromatic N) is 2. The minimum atomic E-state index is -0.986. The highest BCUT2D eigenvalue weighted by Crippen LogP contribution is 2.54. The van der Waals surface area contributed by atoms with Crippen LogP contribution in [0.3, 0.4) is 0 Å². The number of Topliss-reactive ketones (excluding diaryl/α,β-unsaturated/α-hetero) is 1. The van der Waals surface area contributed by atoms with Crippen molar-refractivity contribution in [2.45, 2.75) is 12.1 Å². The molecule has 3 heterocycles. The molecule has 9 heteroatoms. The van der Waals surface area contributed by atoms with Crippen molar-refractivity contribution in [2.24, 2.45) is 11.8 Å². The summed E-state index contributed by atoms with van der Waals surface area (Å²) in [5.41, 5.74) is 2.32. The fourth-order valence-corrected chi connectivity index (χ4v) is 6.21. The van der Waals surface area contributed by atoms with E-state index in [4.69, 9.17) is 14.2 Å². The number of ketones is 1. The van der Waals surface area contributed by atoms with Crippen LogP contribution in [0.4, 0.5) is 5.69 Å². The maximum absolute atomic E-state index is 14.2. The van der Waals surface area contributed by atoms with Gasteiger partial charge in [-0.05, 0) is 47.5 Å². The second kappa shape index (κ2) is 9.68. The second-order valence-electron chi connectivity index (χ2n) is 9.79. The van der Waals surface area contributed by atoms with Crippen LogP contribution in [-0.2, 0) is 14.3 Å². The molecule has 3 aromatic rings. The number of rotatable bonds is 6. The molecule has 0 N–H and O–H groups in total. The molecule has 9 nitrogen and oxygen atoms in total. The van der Waals surface area contributed by atoms with Crippen LogP contribution in [0.15, 0.2) is 72.9 Å². The van der Waals surface area contributed by atoms with Gasteiger partial charge in [0.25, 0.3) is 0 Å². The predicted molar refractivity (Wildman–Crippen MR) is 145 cm³/mol. The van der Waals surface area contributed by atoms with Crippen LogP contribution >= 0.6 is 0 Å². The van der Waals surface area contributed by atoms with E-state index in [1.165, 1.54) is 27.4 Å². The van der Waals surface area contributed by atoms with E-state index in [1.54, 1.807) is 42.6 Å². The fraction of sp³-hybridized carbons (Fsp3) is 0.226. The van der Waals surface area contributed by atoms with Crippen molar-refractivity contribution >= 4 is 35.3 Å². The van der Waals surface area contributed by atoms with Gasteiger partial charge in [-0.3, -0.25) is 14.4 Å². The summed E-state index contributed by atoms with van der Waals surface area (Å²) in [6, 6.07) is 17.3. The monoisotopic (exact) mass is 538 g/mol. The normalized spacial score (nSPS) is 22.5. The van der Waals surface area contributed by atoms with Crippen LogP contribution in [0.2, 0.25) is 0 Å². The molecule has 6 rings (SSSR count). The number of esters is 1. The lowest BCUT2D eigenvalue weighted by molar-refractivity contribution is -0.123. The smallest absolute Gasteiger partial charge is 0.339 e. The van der Waals surface area contributed by atoms with E-state index in [0.717, 1.165) is 16.0 Å². The Morgan fingerprint density at radius 3 is 2.25 bits per heavy atom. The van der Waals surface area contributed by atoms with Crippen LogP contribution in [0.5, 0.6) is 11.5 Å². The van der Waals surface area contributed by atoms with Gasteiger partial charge in [0, 0.05) is 11.8 Å². The molecule has 40 heavy (non-hydrogen) atoms. The number of carbonyl (C=O) groups excluding carboxylic acids is 4. The van der Waals surface area contributed by atoms with Crippen LogP contribution < -0.4 is 14.4 Å². The van der Waals surface area contributed by atoms with Crippen molar-refractivity contribution in [3.8, 4) is 11.5 Å². The Morgan fingerprint density at radius 2 is 1.50 bits per heavy atom. The first-order valence-corrected chi connectivity index (χ1v) is 12.8. The van der Waals surface area contributed by atoms with Gasteiger partial charge in [-0.2, -0.15) is 0 Å². The van der Waals surface area contributed by atoms with Crippen LogP contribution in [0.1, 0.15) is 37.9 Å². The molecule has 202 valence electrons. The summed E-state index contributed by atoms with van der Waals surface area (Å²) in [5.74, 6) is -2.99. The zero-order valence-corrected chi connectivity index (χ0v) is 22.1. The SMILES string of the molecule is COC(=O)c1ccccc1N1C(=O)[C@@H]2[C@H](C1=O)[C@@H]1c3ccccc3C=CN1[C@@H]2C(=O)c1ccc(OC)c(OC)c1. The van der Waals surface area contributed by atoms with E-state index < -0.39 is 41.7 Å². The first-order chi connectivity index (χ1) is 19.4. The molecule has 0 aliphatic carbocycles. The quantitative estimate of drug-likeness (QED) is 0.265. The molecule has 0 radical (unpaired) electrons. The lowest BCUT2D eigenvalue weighted by Crippen LogP contribution is -2.44. The topological polar surface area (TPSA) is 102 Å². The number of para-hydroxylation sites is 1. The van der Waals surface area contributed by atoms with Crippen molar-refractivity contribution in [3.63, 3.8) is 0 Å². The lowest BCUT2D eigenvalue weighted by atomic mass is 9.83. The molecule has 4 atom stereocenters. The Labute approximate surface area is 230 Å². The number of anilines is 1. The Balaban J connectivity index is 1.50. The van der Waals surface area contributed by atoms with Gasteiger partial charge in [-0.15, -0.1) is 0 Å². The summed E-state index contributed by atoms with van der Waals surface area (Å²) in [7, 11) is 4.22. The number of carbonyl (C=O) groups is 4. The molecule has 0 spiro atoms. The van der Waals surface area contributed by atoms with Gasteiger partial charge < -0.3 is 19.1 Å². The summed E-state index contributed by atoms with van der Waals surface area (Å²) < 4.78 is 15.6. The number of amides is 2. The van der Waals surface area contributed by atoms with Crippen LogP contribution in [0, 0.1) is 11.8 Å². The van der Waals surface area contributed by atoms with Crippen molar-refractivity contribution in [2.75, 3.05) is 26.2 Å². The minimum absolute atomic E-state index is 0.0928. The van der Waals surface area contributed by atoms with Crippen molar-refractivity contribution in [3.05, 3.63) is 95.2 Å². The van der Waals surface area contributed by atoms with Crippen molar-refractivity contribution in [1.82, 2.24) is 4.90 Å². The highest BCUT2D eigenvalue weighted by atomic mass is 16.5. The lowest BCUT2D eigenvalue weighted by Gasteiger charge is -2.35. The number of imide groups is 1. The molecule has 0 aromatic heterocycles. The third kappa shape index (κ3) is 3.61. The van der Waals surface area contributed by atoms with Crippen molar-refractivity contribution < 1.29 is 33.4 Å². The first kappa shape index (κ1) is 25.4. The largest absolute Gasteiger partial charge is 0.493 e. The van der Waals surface area contributed by atoms with Gasteiger partial charge >= 0.3 is 5.97 Å². The Kier molecular flexibility index (Phi) is 6.14. The highest BCUT2D eigenvalue weighted by molar-refractivity contribution is 6.26. The Hall–Kier alpha value is -4.92. The van der Waals surface area contributed by atoms with Gasteiger partial charge in [-0.25, -0.2) is 9.69 Å². The Morgan fingerprint density at radius 1 is 0.800 bits per heavy atom. The average molecular weight is 539 g/mol. The molecular weight excluding hydrogens is 512 g/mol. The molecule has 3 aliphatic rings. The molecule has 0 unspecified atom stereocenters.